The van der Waals surface area contributed by atoms with Gasteiger partial charge in [0.15, 0.2) is 5.15 Å². The van der Waals surface area contributed by atoms with E-state index >= 15 is 0 Å². The van der Waals surface area contributed by atoms with Crippen molar-refractivity contribution >= 4 is 29.2 Å². The minimum Gasteiger partial charge on any atom is -0.343 e. The van der Waals surface area contributed by atoms with Gasteiger partial charge in [-0.2, -0.15) is 0 Å². The molecule has 190 valence electrons. The van der Waals surface area contributed by atoms with Crippen molar-refractivity contribution in [3.05, 3.63) is 87.4 Å². The van der Waals surface area contributed by atoms with Gasteiger partial charge in [-0.25, -0.2) is 15.2 Å². The van der Waals surface area contributed by atoms with Crippen molar-refractivity contribution in [2.24, 2.45) is 11.7 Å². The number of nitrogens with one attached hydrogen (secondary N) is 5. The van der Waals surface area contributed by atoms with Gasteiger partial charge in [-0.05, 0) is 48.9 Å². The van der Waals surface area contributed by atoms with E-state index in [-0.39, 0.29) is 24.2 Å². The number of rotatable bonds is 7. The van der Waals surface area contributed by atoms with Crippen LogP contribution >= 0.6 is 23.2 Å². The van der Waals surface area contributed by atoms with Gasteiger partial charge < -0.3 is 21.4 Å². The molecule has 4 unspecified atom stereocenters. The highest BCUT2D eigenvalue weighted by Crippen LogP contribution is 2.40. The van der Waals surface area contributed by atoms with Gasteiger partial charge in [-0.15, -0.1) is 0 Å². The normalized spacial score (nSPS) is 24.2. The number of nitrogens with two attached hydrogens (primary N) is 1. The topological polar surface area (TPSA) is 120 Å². The third-order valence-corrected chi connectivity index (χ3v) is 7.70. The summed E-state index contributed by atoms with van der Waals surface area (Å²) in [6.07, 6.45) is 3.47. The van der Waals surface area contributed by atoms with E-state index in [0.717, 1.165) is 36.1 Å². The first-order valence-corrected chi connectivity index (χ1v) is 13.1. The first-order valence-electron chi connectivity index (χ1n) is 12.3. The third kappa shape index (κ3) is 5.85. The quantitative estimate of drug-likeness (QED) is 0.276. The number of fused-ring (bicyclic) bond motifs is 1. The van der Waals surface area contributed by atoms with Crippen LogP contribution in [0, 0.1) is 5.92 Å². The zero-order valence-corrected chi connectivity index (χ0v) is 21.3. The molecule has 1 saturated carbocycles. The molecular formula is C26H31Cl2N7O. The number of halogens is 2. The molecule has 3 aromatic rings. The first kappa shape index (κ1) is 25.0. The van der Waals surface area contributed by atoms with Crippen LogP contribution in [0.2, 0.25) is 10.2 Å². The van der Waals surface area contributed by atoms with Gasteiger partial charge in [-0.1, -0.05) is 65.7 Å². The third-order valence-electron chi connectivity index (χ3n) is 7.17. The molecule has 0 radical (unpaired) electrons. The molecule has 2 fully saturated rings. The van der Waals surface area contributed by atoms with Crippen LogP contribution in [-0.4, -0.2) is 28.2 Å². The number of amides is 2. The van der Waals surface area contributed by atoms with Crippen LogP contribution in [0.1, 0.15) is 53.9 Å². The number of hydrogen-bond acceptors (Lipinski definition) is 5. The second-order valence-electron chi connectivity index (χ2n) is 9.62. The van der Waals surface area contributed by atoms with Crippen molar-refractivity contribution < 1.29 is 4.79 Å². The molecule has 1 aromatic heterocycles. The fourth-order valence-corrected chi connectivity index (χ4v) is 5.79. The lowest BCUT2D eigenvalue weighted by atomic mass is 9.77. The number of urea groups is 1. The Morgan fingerprint density at radius 1 is 1.08 bits per heavy atom. The highest BCUT2D eigenvalue weighted by Gasteiger charge is 2.40. The Kier molecular flexibility index (Phi) is 7.79. The number of aromatic nitrogens is 2. The van der Waals surface area contributed by atoms with Gasteiger partial charge in [0.25, 0.3) is 0 Å². The van der Waals surface area contributed by atoms with Crippen molar-refractivity contribution in [3.63, 3.8) is 0 Å². The number of imidazole rings is 1. The second-order valence-corrected chi connectivity index (χ2v) is 10.4. The number of carbonyl (C=O) groups excluding carboxylic acids is 1. The van der Waals surface area contributed by atoms with Crippen molar-refractivity contribution in [2.75, 3.05) is 0 Å². The van der Waals surface area contributed by atoms with Crippen molar-refractivity contribution in [3.8, 4) is 0 Å². The number of hydrogen-bond donors (Lipinski definition) is 6. The van der Waals surface area contributed by atoms with E-state index in [4.69, 9.17) is 28.9 Å². The highest BCUT2D eigenvalue weighted by atomic mass is 35.5. The molecule has 1 aliphatic heterocycles. The van der Waals surface area contributed by atoms with E-state index < -0.39 is 0 Å². The fraction of sp³-hybridized carbons (Fsp3) is 0.385. The van der Waals surface area contributed by atoms with Crippen LogP contribution in [0.5, 0.6) is 0 Å². The zero-order valence-electron chi connectivity index (χ0n) is 19.8. The van der Waals surface area contributed by atoms with Crippen LogP contribution in [-0.2, 0) is 13.0 Å². The Balaban J connectivity index is 1.31. The molecule has 2 aromatic carbocycles. The predicted molar refractivity (Wildman–Crippen MR) is 141 cm³/mol. The molecule has 2 heterocycles. The summed E-state index contributed by atoms with van der Waals surface area (Å²) < 4.78 is 0. The summed E-state index contributed by atoms with van der Waals surface area (Å²) in [6.45, 7) is 0.364. The largest absolute Gasteiger partial charge is 0.343 e. The lowest BCUT2D eigenvalue weighted by Crippen LogP contribution is -2.39. The average Bonchev–Trinajstić information content (AvgIpc) is 3.45. The van der Waals surface area contributed by atoms with E-state index in [1.807, 2.05) is 48.5 Å². The molecule has 10 heteroatoms. The Bertz CT molecular complexity index is 1190. The van der Waals surface area contributed by atoms with Gasteiger partial charge in [-0.3, -0.25) is 5.43 Å². The Labute approximate surface area is 220 Å². The lowest BCUT2D eigenvalue weighted by molar-refractivity contribution is 0.236. The number of carbonyl (C=O) groups is 1. The molecule has 0 spiro atoms. The second kappa shape index (κ2) is 11.2. The average molecular weight is 528 g/mol. The zero-order chi connectivity index (χ0) is 25.1. The van der Waals surface area contributed by atoms with Gasteiger partial charge in [0.1, 0.15) is 5.82 Å². The Morgan fingerprint density at radius 3 is 2.69 bits per heavy atom. The predicted octanol–water partition coefficient (Wildman–Crippen LogP) is 4.14. The van der Waals surface area contributed by atoms with E-state index in [1.165, 1.54) is 0 Å². The molecule has 36 heavy (non-hydrogen) atoms. The summed E-state index contributed by atoms with van der Waals surface area (Å²) in [6, 6.07) is 17.1. The summed E-state index contributed by atoms with van der Waals surface area (Å²) in [5.74, 6) is 1.31. The van der Waals surface area contributed by atoms with Crippen molar-refractivity contribution in [1.82, 2.24) is 31.5 Å². The Morgan fingerprint density at radius 2 is 1.89 bits per heavy atom. The van der Waals surface area contributed by atoms with Crippen LogP contribution < -0.4 is 27.2 Å². The fourth-order valence-electron chi connectivity index (χ4n) is 5.29. The number of nitrogens with zero attached hydrogens (tertiary/aromatic N) is 1. The van der Waals surface area contributed by atoms with Gasteiger partial charge >= 0.3 is 6.03 Å². The van der Waals surface area contributed by atoms with E-state index in [9.17, 15) is 4.79 Å². The SMILES string of the molecule is NC1NNC2CC(c3[nH]c([C@H](Cc4ccccc4)NC(=O)NCc4cccc(Cl)c4)nc3Cl)CCC12. The molecule has 1 saturated heterocycles. The summed E-state index contributed by atoms with van der Waals surface area (Å²) in [5.41, 5.74) is 15.6. The number of aromatic amines is 1. The van der Waals surface area contributed by atoms with E-state index in [0.29, 0.717) is 40.9 Å². The van der Waals surface area contributed by atoms with Crippen LogP contribution in [0.15, 0.2) is 54.6 Å². The maximum Gasteiger partial charge on any atom is 0.315 e. The van der Waals surface area contributed by atoms with Gasteiger partial charge in [0, 0.05) is 29.4 Å². The lowest BCUT2D eigenvalue weighted by Gasteiger charge is -2.31. The molecule has 5 atom stereocenters. The van der Waals surface area contributed by atoms with Crippen LogP contribution in [0.4, 0.5) is 4.79 Å². The van der Waals surface area contributed by atoms with Gasteiger partial charge in [0.05, 0.1) is 17.9 Å². The molecule has 1 aliphatic carbocycles. The summed E-state index contributed by atoms with van der Waals surface area (Å²) in [4.78, 5) is 21.0. The number of hydrazine groups is 1. The molecule has 7 N–H and O–H groups in total. The minimum atomic E-state index is -0.381. The molecule has 2 amide bonds. The molecule has 2 aliphatic rings. The van der Waals surface area contributed by atoms with Crippen LogP contribution in [0.25, 0.3) is 0 Å². The molecular weight excluding hydrogens is 497 g/mol. The minimum absolute atomic E-state index is 0.0198. The monoisotopic (exact) mass is 527 g/mol. The maximum atomic E-state index is 12.9. The molecule has 0 bridgehead atoms. The smallest absolute Gasteiger partial charge is 0.315 e. The number of H-pyrrole nitrogens is 1. The van der Waals surface area contributed by atoms with Gasteiger partial charge in [0.2, 0.25) is 0 Å². The maximum absolute atomic E-state index is 12.9. The van der Waals surface area contributed by atoms with E-state index in [2.05, 4.69) is 31.5 Å². The first-order chi connectivity index (χ1) is 17.5. The summed E-state index contributed by atoms with van der Waals surface area (Å²) in [7, 11) is 0. The van der Waals surface area contributed by atoms with Crippen LogP contribution in [0.3, 0.4) is 0 Å². The van der Waals surface area contributed by atoms with Crippen molar-refractivity contribution in [1.29, 1.82) is 0 Å². The molecule has 8 nitrogen and oxygen atoms in total. The standard InChI is InChI=1S/C26H31Cl2N7O/c27-18-8-4-7-16(11-18)14-30-26(36)31-21(12-15-5-2-1-3-6-15)25-32-22(23(28)33-25)17-9-10-19-20(13-17)34-35-24(19)29/h1-8,11,17,19-21,24,34-35H,9-10,12-14,29H2,(H,32,33)(H2,30,31,36)/t17?,19?,20?,21-,24?/m0/s1. The highest BCUT2D eigenvalue weighted by molar-refractivity contribution is 6.30. The summed E-state index contributed by atoms with van der Waals surface area (Å²) >= 11 is 12.7. The molecule has 5 rings (SSSR count). The Hall–Kier alpha value is -2.62. The van der Waals surface area contributed by atoms with E-state index in [1.54, 1.807) is 6.07 Å². The summed E-state index contributed by atoms with van der Waals surface area (Å²) in [5, 5.41) is 7.09. The van der Waals surface area contributed by atoms with Crippen molar-refractivity contribution in [2.45, 2.75) is 56.4 Å². The number of benzene rings is 2.